The molecule has 0 aliphatic rings. The summed E-state index contributed by atoms with van der Waals surface area (Å²) in [5, 5.41) is 0. The molecular weight excluding hydrogens is 208 g/mol. The first-order chi connectivity index (χ1) is 7.63. The van der Waals surface area contributed by atoms with E-state index in [9.17, 15) is 9.59 Å². The van der Waals surface area contributed by atoms with Crippen molar-refractivity contribution < 1.29 is 19.1 Å². The fourth-order valence-electron chi connectivity index (χ4n) is 0.694. The smallest absolute Gasteiger partial charge is 0.333 e. The number of ether oxygens (including phenoxy) is 2. The average molecular weight is 222 g/mol. The molecule has 0 aliphatic heterocycles. The van der Waals surface area contributed by atoms with Crippen molar-refractivity contribution in [2.45, 2.75) is 13.2 Å². The molecule has 0 atom stereocenters. The Bertz CT molecular complexity index is 304. The van der Waals surface area contributed by atoms with Crippen molar-refractivity contribution in [3.8, 4) is 0 Å². The summed E-state index contributed by atoms with van der Waals surface area (Å²) in [6.45, 7) is 8.30. The Morgan fingerprint density at radius 2 is 1.56 bits per heavy atom. The Morgan fingerprint density at radius 3 is 1.94 bits per heavy atom. The van der Waals surface area contributed by atoms with Crippen molar-refractivity contribution in [3.63, 3.8) is 0 Å². The van der Waals surface area contributed by atoms with Crippen LogP contribution in [0.5, 0.6) is 0 Å². The number of rotatable bonds is 6. The molecule has 0 unspecified atom stereocenters. The van der Waals surface area contributed by atoms with Crippen LogP contribution in [-0.2, 0) is 19.1 Å². The summed E-state index contributed by atoms with van der Waals surface area (Å²) in [6.07, 6.45) is 7.39. The zero-order valence-corrected chi connectivity index (χ0v) is 9.09. The first kappa shape index (κ1) is 13.9. The molecule has 0 spiro atoms. The molecule has 86 valence electrons. The molecule has 0 aliphatic carbocycles. The maximum absolute atomic E-state index is 10.9. The standard InChI is InChI=1S/C12H14O4/c1-4-7-8-9-12(15-10(13)5-2)16-11(14)6-3/h4-9,12H,2-3H2,1H3. The lowest BCUT2D eigenvalue weighted by atomic mass is 10.4. The van der Waals surface area contributed by atoms with E-state index in [2.05, 4.69) is 13.2 Å². The van der Waals surface area contributed by atoms with Crippen LogP contribution in [0.15, 0.2) is 49.6 Å². The number of carbonyl (C=O) groups excluding carboxylic acids is 2. The van der Waals surface area contributed by atoms with E-state index in [1.54, 1.807) is 18.2 Å². The van der Waals surface area contributed by atoms with Crippen LogP contribution in [0.25, 0.3) is 0 Å². The predicted molar refractivity (Wildman–Crippen MR) is 60.3 cm³/mol. The lowest BCUT2D eigenvalue weighted by molar-refractivity contribution is -0.172. The van der Waals surface area contributed by atoms with Gasteiger partial charge in [-0.15, -0.1) is 0 Å². The van der Waals surface area contributed by atoms with Gasteiger partial charge in [0.15, 0.2) is 0 Å². The molecule has 0 radical (unpaired) electrons. The number of esters is 2. The lowest BCUT2D eigenvalue weighted by Crippen LogP contribution is -2.20. The second-order valence-electron chi connectivity index (χ2n) is 2.56. The Labute approximate surface area is 94.5 Å². The lowest BCUT2D eigenvalue weighted by Gasteiger charge is -2.12. The van der Waals surface area contributed by atoms with E-state index in [-0.39, 0.29) is 0 Å². The summed E-state index contributed by atoms with van der Waals surface area (Å²) in [5.41, 5.74) is 0. The van der Waals surface area contributed by atoms with Crippen LogP contribution in [0.1, 0.15) is 6.92 Å². The van der Waals surface area contributed by atoms with Crippen LogP contribution in [0.3, 0.4) is 0 Å². The van der Waals surface area contributed by atoms with E-state index < -0.39 is 18.2 Å². The third kappa shape index (κ3) is 6.37. The van der Waals surface area contributed by atoms with Crippen LogP contribution in [0, 0.1) is 0 Å². The molecule has 0 saturated carbocycles. The summed E-state index contributed by atoms with van der Waals surface area (Å²) in [7, 11) is 0. The van der Waals surface area contributed by atoms with Crippen LogP contribution in [-0.4, -0.2) is 18.2 Å². The Morgan fingerprint density at radius 1 is 1.06 bits per heavy atom. The highest BCUT2D eigenvalue weighted by Crippen LogP contribution is 2.00. The maximum atomic E-state index is 10.9. The van der Waals surface area contributed by atoms with Gasteiger partial charge in [0.1, 0.15) is 0 Å². The van der Waals surface area contributed by atoms with Crippen molar-refractivity contribution in [2.24, 2.45) is 0 Å². The summed E-state index contributed by atoms with van der Waals surface area (Å²) < 4.78 is 9.50. The van der Waals surface area contributed by atoms with Gasteiger partial charge in [-0.05, 0) is 13.0 Å². The SMILES string of the molecule is C=CC(=O)OC(C=CC=CC)OC(=O)C=C. The maximum Gasteiger partial charge on any atom is 0.333 e. The van der Waals surface area contributed by atoms with Crippen molar-refractivity contribution in [3.05, 3.63) is 49.6 Å². The molecule has 4 heteroatoms. The molecule has 4 nitrogen and oxygen atoms in total. The van der Waals surface area contributed by atoms with E-state index in [1.165, 1.54) is 6.08 Å². The van der Waals surface area contributed by atoms with Gasteiger partial charge in [0.05, 0.1) is 0 Å². The fourth-order valence-corrected chi connectivity index (χ4v) is 0.694. The van der Waals surface area contributed by atoms with Gasteiger partial charge in [0.25, 0.3) is 6.29 Å². The normalized spacial score (nSPS) is 10.6. The molecule has 16 heavy (non-hydrogen) atoms. The second kappa shape index (κ2) is 8.23. The molecule has 0 heterocycles. The second-order valence-corrected chi connectivity index (χ2v) is 2.56. The Kier molecular flexibility index (Phi) is 7.15. The Balaban J connectivity index is 4.48. The molecule has 0 bridgehead atoms. The van der Waals surface area contributed by atoms with E-state index >= 15 is 0 Å². The van der Waals surface area contributed by atoms with E-state index in [1.807, 2.05) is 6.92 Å². The Hall–Kier alpha value is -2.10. The van der Waals surface area contributed by atoms with Crippen molar-refractivity contribution in [1.29, 1.82) is 0 Å². The predicted octanol–water partition coefficient (Wildman–Crippen LogP) is 1.90. The average Bonchev–Trinajstić information content (AvgIpc) is 2.28. The highest BCUT2D eigenvalue weighted by molar-refractivity contribution is 5.83. The van der Waals surface area contributed by atoms with E-state index in [0.29, 0.717) is 0 Å². The number of allylic oxidation sites excluding steroid dienone is 3. The summed E-state index contributed by atoms with van der Waals surface area (Å²) in [5.74, 6) is -1.35. The van der Waals surface area contributed by atoms with Gasteiger partial charge in [-0.2, -0.15) is 0 Å². The largest absolute Gasteiger partial charge is 0.418 e. The summed E-state index contributed by atoms with van der Waals surface area (Å²) >= 11 is 0. The van der Waals surface area contributed by atoms with Crippen molar-refractivity contribution >= 4 is 11.9 Å². The first-order valence-corrected chi connectivity index (χ1v) is 4.59. The summed E-state index contributed by atoms with van der Waals surface area (Å²) in [6, 6.07) is 0. The highest BCUT2D eigenvalue weighted by atomic mass is 16.7. The van der Waals surface area contributed by atoms with Crippen molar-refractivity contribution in [1.82, 2.24) is 0 Å². The number of carbonyl (C=O) groups is 2. The van der Waals surface area contributed by atoms with Gasteiger partial charge in [0.2, 0.25) is 0 Å². The molecule has 0 N–H and O–H groups in total. The molecular formula is C12H14O4. The third-order valence-electron chi connectivity index (χ3n) is 1.37. The molecule has 0 rings (SSSR count). The van der Waals surface area contributed by atoms with Gasteiger partial charge < -0.3 is 9.47 Å². The van der Waals surface area contributed by atoms with E-state index in [4.69, 9.17) is 9.47 Å². The number of hydrogen-bond acceptors (Lipinski definition) is 4. The minimum absolute atomic E-state index is 0.674. The van der Waals surface area contributed by atoms with Gasteiger partial charge in [-0.25, -0.2) is 9.59 Å². The minimum Gasteiger partial charge on any atom is -0.418 e. The summed E-state index contributed by atoms with van der Waals surface area (Å²) in [4.78, 5) is 21.8. The first-order valence-electron chi connectivity index (χ1n) is 4.59. The molecule has 0 aromatic rings. The van der Waals surface area contributed by atoms with Gasteiger partial charge >= 0.3 is 11.9 Å². The quantitative estimate of drug-likeness (QED) is 0.298. The molecule has 0 saturated heterocycles. The molecule has 0 aromatic carbocycles. The zero-order chi connectivity index (χ0) is 12.4. The van der Waals surface area contributed by atoms with Crippen LogP contribution < -0.4 is 0 Å². The molecule has 0 amide bonds. The van der Waals surface area contributed by atoms with Crippen LogP contribution in [0.4, 0.5) is 0 Å². The fraction of sp³-hybridized carbons (Fsp3) is 0.167. The zero-order valence-electron chi connectivity index (χ0n) is 9.09. The number of hydrogen-bond donors (Lipinski definition) is 0. The highest BCUT2D eigenvalue weighted by Gasteiger charge is 2.12. The van der Waals surface area contributed by atoms with E-state index in [0.717, 1.165) is 12.2 Å². The van der Waals surface area contributed by atoms with Gasteiger partial charge in [-0.1, -0.05) is 31.4 Å². The van der Waals surface area contributed by atoms with Crippen molar-refractivity contribution in [2.75, 3.05) is 0 Å². The molecule has 0 fully saturated rings. The monoisotopic (exact) mass is 222 g/mol. The minimum atomic E-state index is -1.08. The van der Waals surface area contributed by atoms with Gasteiger partial charge in [0, 0.05) is 12.2 Å². The third-order valence-corrected chi connectivity index (χ3v) is 1.37. The molecule has 0 aromatic heterocycles. The topological polar surface area (TPSA) is 52.6 Å². The van der Waals surface area contributed by atoms with Gasteiger partial charge in [-0.3, -0.25) is 0 Å². The van der Waals surface area contributed by atoms with Crippen LogP contribution >= 0.6 is 0 Å². The van der Waals surface area contributed by atoms with Crippen LogP contribution in [0.2, 0.25) is 0 Å².